The van der Waals surface area contributed by atoms with E-state index >= 15 is 0 Å². The molecule has 2 N–H and O–H groups in total. The van der Waals surface area contributed by atoms with Crippen LogP contribution in [0.2, 0.25) is 0 Å². The number of hydrogen-bond donors (Lipinski definition) is 2. The van der Waals surface area contributed by atoms with E-state index in [2.05, 4.69) is 10.6 Å². The summed E-state index contributed by atoms with van der Waals surface area (Å²) in [6.07, 6.45) is 0. The SMILES string of the molecule is O=C(NCCNC(=O)c1ccccc1[N+](=O)[O-])c1ccccc1F. The fourth-order valence-corrected chi connectivity index (χ4v) is 2.01. The molecule has 0 heterocycles. The summed E-state index contributed by atoms with van der Waals surface area (Å²) in [6.45, 7) is 0.102. The minimum absolute atomic E-state index is 0.0467. The lowest BCUT2D eigenvalue weighted by Gasteiger charge is -2.08. The Morgan fingerprint density at radius 1 is 0.917 bits per heavy atom. The molecule has 0 atom stereocenters. The molecule has 0 aromatic heterocycles. The lowest BCUT2D eigenvalue weighted by Crippen LogP contribution is -2.35. The highest BCUT2D eigenvalue weighted by molar-refractivity contribution is 5.98. The van der Waals surface area contributed by atoms with Gasteiger partial charge in [-0.1, -0.05) is 24.3 Å². The average molecular weight is 331 g/mol. The predicted molar refractivity (Wildman–Crippen MR) is 84.2 cm³/mol. The molecule has 0 aliphatic carbocycles. The van der Waals surface area contributed by atoms with E-state index in [0.717, 1.165) is 0 Å². The van der Waals surface area contributed by atoms with Crippen molar-refractivity contribution in [1.29, 1.82) is 0 Å². The van der Waals surface area contributed by atoms with Crippen molar-refractivity contribution < 1.29 is 18.9 Å². The molecular weight excluding hydrogens is 317 g/mol. The summed E-state index contributed by atoms with van der Waals surface area (Å²) in [4.78, 5) is 33.9. The molecule has 2 amide bonds. The molecule has 0 unspecified atom stereocenters. The molecule has 0 saturated heterocycles. The number of benzene rings is 2. The van der Waals surface area contributed by atoms with E-state index in [1.165, 1.54) is 48.5 Å². The molecule has 0 spiro atoms. The standard InChI is InChI=1S/C16H14FN3O4/c17-13-7-3-1-5-11(13)15(21)18-9-10-19-16(22)12-6-2-4-8-14(12)20(23)24/h1-8H,9-10H2,(H,18,21)(H,19,22). The van der Waals surface area contributed by atoms with Gasteiger partial charge in [0.1, 0.15) is 11.4 Å². The summed E-state index contributed by atoms with van der Waals surface area (Å²) >= 11 is 0. The van der Waals surface area contributed by atoms with Crippen LogP contribution in [0.3, 0.4) is 0 Å². The Balaban J connectivity index is 1.87. The number of carbonyl (C=O) groups excluding carboxylic acids is 2. The number of halogens is 1. The second-order valence-corrected chi connectivity index (χ2v) is 4.77. The van der Waals surface area contributed by atoms with Crippen LogP contribution in [-0.2, 0) is 0 Å². The molecule has 2 rings (SSSR count). The van der Waals surface area contributed by atoms with Gasteiger partial charge in [0.15, 0.2) is 0 Å². The van der Waals surface area contributed by atoms with Crippen molar-refractivity contribution in [1.82, 2.24) is 10.6 Å². The number of nitrogens with zero attached hydrogens (tertiary/aromatic N) is 1. The Morgan fingerprint density at radius 3 is 2.00 bits per heavy atom. The molecule has 0 saturated carbocycles. The van der Waals surface area contributed by atoms with Crippen LogP contribution in [0.25, 0.3) is 0 Å². The van der Waals surface area contributed by atoms with Crippen molar-refractivity contribution in [3.8, 4) is 0 Å². The number of para-hydroxylation sites is 1. The van der Waals surface area contributed by atoms with Crippen LogP contribution in [0.1, 0.15) is 20.7 Å². The van der Waals surface area contributed by atoms with E-state index in [0.29, 0.717) is 0 Å². The molecule has 0 bridgehead atoms. The minimum atomic E-state index is -0.644. The molecule has 0 fully saturated rings. The number of nitrogens with one attached hydrogen (secondary N) is 2. The fraction of sp³-hybridized carbons (Fsp3) is 0.125. The molecule has 2 aromatic rings. The zero-order valence-corrected chi connectivity index (χ0v) is 12.5. The first-order chi connectivity index (χ1) is 11.5. The number of carbonyl (C=O) groups is 2. The van der Waals surface area contributed by atoms with Gasteiger partial charge in [-0.25, -0.2) is 4.39 Å². The van der Waals surface area contributed by atoms with E-state index in [1.807, 2.05) is 0 Å². The van der Waals surface area contributed by atoms with Gasteiger partial charge in [0.25, 0.3) is 17.5 Å². The van der Waals surface area contributed by atoms with Gasteiger partial charge < -0.3 is 10.6 Å². The summed E-state index contributed by atoms with van der Waals surface area (Å²) in [5.41, 5.74) is -0.462. The average Bonchev–Trinajstić information content (AvgIpc) is 2.58. The summed E-state index contributed by atoms with van der Waals surface area (Å²) in [7, 11) is 0. The van der Waals surface area contributed by atoms with Gasteiger partial charge in [0.05, 0.1) is 10.5 Å². The lowest BCUT2D eigenvalue weighted by molar-refractivity contribution is -0.385. The summed E-state index contributed by atoms with van der Waals surface area (Å²) in [5.74, 6) is -1.87. The van der Waals surface area contributed by atoms with Gasteiger partial charge in [0, 0.05) is 19.2 Å². The zero-order chi connectivity index (χ0) is 17.5. The number of rotatable bonds is 6. The first-order valence-corrected chi connectivity index (χ1v) is 7.05. The highest BCUT2D eigenvalue weighted by atomic mass is 19.1. The van der Waals surface area contributed by atoms with Gasteiger partial charge >= 0.3 is 0 Å². The maximum atomic E-state index is 13.4. The van der Waals surface area contributed by atoms with Gasteiger partial charge in [-0.05, 0) is 18.2 Å². The predicted octanol–water partition coefficient (Wildman–Crippen LogP) is 1.89. The smallest absolute Gasteiger partial charge is 0.282 e. The van der Waals surface area contributed by atoms with Crippen LogP contribution >= 0.6 is 0 Å². The number of nitro groups is 1. The third-order valence-corrected chi connectivity index (χ3v) is 3.16. The van der Waals surface area contributed by atoms with Crippen molar-refractivity contribution in [2.24, 2.45) is 0 Å². The molecule has 8 heteroatoms. The van der Waals surface area contributed by atoms with E-state index in [-0.39, 0.29) is 29.9 Å². The fourth-order valence-electron chi connectivity index (χ4n) is 2.01. The van der Waals surface area contributed by atoms with Crippen molar-refractivity contribution in [3.05, 3.63) is 75.6 Å². The second-order valence-electron chi connectivity index (χ2n) is 4.77. The van der Waals surface area contributed by atoms with Gasteiger partial charge in [0.2, 0.25) is 0 Å². The van der Waals surface area contributed by atoms with Crippen LogP contribution < -0.4 is 10.6 Å². The molecule has 0 aliphatic heterocycles. The van der Waals surface area contributed by atoms with Gasteiger partial charge in [-0.3, -0.25) is 19.7 Å². The molecular formula is C16H14FN3O4. The topological polar surface area (TPSA) is 101 Å². The maximum absolute atomic E-state index is 13.4. The monoisotopic (exact) mass is 331 g/mol. The van der Waals surface area contributed by atoms with Crippen LogP contribution in [0.4, 0.5) is 10.1 Å². The van der Waals surface area contributed by atoms with Crippen molar-refractivity contribution in [2.75, 3.05) is 13.1 Å². The number of hydrogen-bond acceptors (Lipinski definition) is 4. The molecule has 2 aromatic carbocycles. The van der Waals surface area contributed by atoms with Gasteiger partial charge in [-0.2, -0.15) is 0 Å². The maximum Gasteiger partial charge on any atom is 0.282 e. The Kier molecular flexibility index (Phi) is 5.56. The normalized spacial score (nSPS) is 10.0. The van der Waals surface area contributed by atoms with Crippen LogP contribution in [0.15, 0.2) is 48.5 Å². The van der Waals surface area contributed by atoms with Crippen LogP contribution in [0, 0.1) is 15.9 Å². The number of amides is 2. The summed E-state index contributed by atoms with van der Waals surface area (Å²) < 4.78 is 13.4. The molecule has 7 nitrogen and oxygen atoms in total. The van der Waals surface area contributed by atoms with Crippen molar-refractivity contribution in [2.45, 2.75) is 0 Å². The largest absolute Gasteiger partial charge is 0.350 e. The number of nitro benzene ring substituents is 1. The van der Waals surface area contributed by atoms with E-state index in [1.54, 1.807) is 0 Å². The van der Waals surface area contributed by atoms with E-state index in [9.17, 15) is 24.1 Å². The third kappa shape index (κ3) is 4.13. The molecule has 0 radical (unpaired) electrons. The van der Waals surface area contributed by atoms with E-state index in [4.69, 9.17) is 0 Å². The van der Waals surface area contributed by atoms with Gasteiger partial charge in [-0.15, -0.1) is 0 Å². The first kappa shape index (κ1) is 17.1. The Morgan fingerprint density at radius 2 is 1.42 bits per heavy atom. The van der Waals surface area contributed by atoms with Crippen molar-refractivity contribution in [3.63, 3.8) is 0 Å². The minimum Gasteiger partial charge on any atom is -0.350 e. The van der Waals surface area contributed by atoms with E-state index < -0.39 is 22.6 Å². The Labute approximate surface area is 136 Å². The molecule has 124 valence electrons. The summed E-state index contributed by atoms with van der Waals surface area (Å²) in [6, 6.07) is 11.1. The Bertz CT molecular complexity index is 779. The zero-order valence-electron chi connectivity index (χ0n) is 12.5. The highest BCUT2D eigenvalue weighted by Crippen LogP contribution is 2.17. The lowest BCUT2D eigenvalue weighted by atomic mass is 10.1. The highest BCUT2D eigenvalue weighted by Gasteiger charge is 2.18. The third-order valence-electron chi connectivity index (χ3n) is 3.16. The quantitative estimate of drug-likeness (QED) is 0.479. The first-order valence-electron chi connectivity index (χ1n) is 7.05. The molecule has 24 heavy (non-hydrogen) atoms. The van der Waals surface area contributed by atoms with Crippen LogP contribution in [-0.4, -0.2) is 29.8 Å². The summed E-state index contributed by atoms with van der Waals surface area (Å²) in [5, 5.41) is 15.8. The molecule has 0 aliphatic rings. The van der Waals surface area contributed by atoms with Crippen LogP contribution in [0.5, 0.6) is 0 Å². The second kappa shape index (κ2) is 7.82. The Hall–Kier alpha value is -3.29. The van der Waals surface area contributed by atoms with Crippen molar-refractivity contribution >= 4 is 17.5 Å².